The van der Waals surface area contributed by atoms with Crippen LogP contribution >= 0.6 is 0 Å². The van der Waals surface area contributed by atoms with E-state index in [1.165, 1.54) is 36.8 Å². The molecule has 2 aliphatic rings. The Morgan fingerprint density at radius 2 is 1.69 bits per heavy atom. The number of aryl methyl sites for hydroxylation is 1. The molecule has 1 aliphatic carbocycles. The molecule has 2 fully saturated rings. The number of aromatic nitrogens is 4. The number of hydrogen-bond donors (Lipinski definition) is 0. The molecule has 1 unspecified atom stereocenters. The Labute approximate surface area is 175 Å². The first kappa shape index (κ1) is 20.5. The fourth-order valence-electron chi connectivity index (χ4n) is 4.85. The summed E-state index contributed by atoms with van der Waals surface area (Å²) in [4.78, 5) is 5.30. The van der Waals surface area contributed by atoms with E-state index < -0.39 is 0 Å². The predicted octanol–water partition coefficient (Wildman–Crippen LogP) is 3.78. The Morgan fingerprint density at radius 1 is 1.03 bits per heavy atom. The summed E-state index contributed by atoms with van der Waals surface area (Å²) in [6, 6.07) is 9.82. The molecule has 0 bridgehead atoms. The zero-order valence-corrected chi connectivity index (χ0v) is 18.5. The predicted molar refractivity (Wildman–Crippen MR) is 116 cm³/mol. The SMILES string of the molecule is CCC(C)(C)n1nnnc1C(c1ccc(C)cc1)N1CCN(C2CCCC2)CC1. The van der Waals surface area contributed by atoms with Gasteiger partial charge in [0.05, 0.1) is 11.6 Å². The Hall–Kier alpha value is -1.79. The number of tetrazole rings is 1. The lowest BCUT2D eigenvalue weighted by Gasteiger charge is -2.41. The highest BCUT2D eigenvalue weighted by Crippen LogP contribution is 2.33. The van der Waals surface area contributed by atoms with Gasteiger partial charge in [-0.1, -0.05) is 49.6 Å². The minimum atomic E-state index is -0.104. The summed E-state index contributed by atoms with van der Waals surface area (Å²) in [6.45, 7) is 13.2. The third-order valence-corrected chi connectivity index (χ3v) is 7.12. The summed E-state index contributed by atoms with van der Waals surface area (Å²) in [6.07, 6.45) is 6.55. The van der Waals surface area contributed by atoms with Gasteiger partial charge in [0, 0.05) is 32.2 Å². The zero-order chi connectivity index (χ0) is 20.4. The van der Waals surface area contributed by atoms with Crippen LogP contribution in [0.2, 0.25) is 0 Å². The maximum absolute atomic E-state index is 4.55. The van der Waals surface area contributed by atoms with Crippen LogP contribution in [0.1, 0.15) is 75.9 Å². The lowest BCUT2D eigenvalue weighted by Crippen LogP contribution is -2.51. The van der Waals surface area contributed by atoms with Crippen molar-refractivity contribution < 1.29 is 0 Å². The van der Waals surface area contributed by atoms with E-state index in [1.807, 2.05) is 0 Å². The van der Waals surface area contributed by atoms with E-state index in [9.17, 15) is 0 Å². The van der Waals surface area contributed by atoms with Gasteiger partial charge in [-0.3, -0.25) is 9.80 Å². The minimum Gasteiger partial charge on any atom is -0.298 e. The van der Waals surface area contributed by atoms with Crippen LogP contribution in [0.5, 0.6) is 0 Å². The fourth-order valence-corrected chi connectivity index (χ4v) is 4.85. The van der Waals surface area contributed by atoms with Crippen molar-refractivity contribution in [2.45, 2.75) is 77.4 Å². The highest BCUT2D eigenvalue weighted by atomic mass is 15.6. The molecule has 0 N–H and O–H groups in total. The number of benzene rings is 1. The third kappa shape index (κ3) is 4.24. The first-order valence-corrected chi connectivity index (χ1v) is 11.3. The quantitative estimate of drug-likeness (QED) is 0.744. The van der Waals surface area contributed by atoms with Crippen molar-refractivity contribution in [1.82, 2.24) is 30.0 Å². The van der Waals surface area contributed by atoms with Gasteiger partial charge in [0.15, 0.2) is 5.82 Å². The maximum Gasteiger partial charge on any atom is 0.173 e. The lowest BCUT2D eigenvalue weighted by atomic mass is 9.98. The summed E-state index contributed by atoms with van der Waals surface area (Å²) >= 11 is 0. The van der Waals surface area contributed by atoms with Crippen molar-refractivity contribution in [3.8, 4) is 0 Å². The Kier molecular flexibility index (Phi) is 6.02. The van der Waals surface area contributed by atoms with Gasteiger partial charge in [0.1, 0.15) is 0 Å². The van der Waals surface area contributed by atoms with Gasteiger partial charge in [0.2, 0.25) is 0 Å². The smallest absolute Gasteiger partial charge is 0.173 e. The molecule has 1 aromatic heterocycles. The van der Waals surface area contributed by atoms with Gasteiger partial charge in [-0.25, -0.2) is 4.68 Å². The Morgan fingerprint density at radius 3 is 2.31 bits per heavy atom. The molecular weight excluding hydrogens is 360 g/mol. The standard InChI is InChI=1S/C23H36N6/c1-5-23(3,4)29-22(24-25-26-29)21(19-12-10-18(2)11-13-19)28-16-14-27(15-17-28)20-8-6-7-9-20/h10-13,20-21H,5-9,14-17H2,1-4H3. The Balaban J connectivity index is 1.62. The van der Waals surface area contributed by atoms with E-state index in [0.717, 1.165) is 44.5 Å². The monoisotopic (exact) mass is 396 g/mol. The average molecular weight is 397 g/mol. The van der Waals surface area contributed by atoms with Crippen LogP contribution < -0.4 is 0 Å². The van der Waals surface area contributed by atoms with Gasteiger partial charge in [-0.15, -0.1) is 5.10 Å². The molecule has 0 amide bonds. The minimum absolute atomic E-state index is 0.0992. The molecule has 1 saturated heterocycles. The molecule has 6 heteroatoms. The maximum atomic E-state index is 4.55. The second-order valence-electron chi connectivity index (χ2n) is 9.44. The number of piperazine rings is 1. The van der Waals surface area contributed by atoms with Gasteiger partial charge in [-0.05, 0) is 56.0 Å². The summed E-state index contributed by atoms with van der Waals surface area (Å²) in [5.74, 6) is 0.968. The number of nitrogens with zero attached hydrogens (tertiary/aromatic N) is 6. The van der Waals surface area contributed by atoms with Gasteiger partial charge >= 0.3 is 0 Å². The molecule has 0 spiro atoms. The van der Waals surface area contributed by atoms with Crippen LogP contribution in [0.3, 0.4) is 0 Å². The third-order valence-electron chi connectivity index (χ3n) is 7.12. The Bertz CT molecular complexity index is 782. The van der Waals surface area contributed by atoms with E-state index in [2.05, 4.69) is 82.0 Å². The van der Waals surface area contributed by atoms with E-state index in [-0.39, 0.29) is 11.6 Å². The molecule has 1 aliphatic heterocycles. The molecule has 1 saturated carbocycles. The van der Waals surface area contributed by atoms with Crippen molar-refractivity contribution in [2.75, 3.05) is 26.2 Å². The van der Waals surface area contributed by atoms with Crippen LogP contribution in [0.25, 0.3) is 0 Å². The summed E-state index contributed by atoms with van der Waals surface area (Å²) < 4.78 is 2.06. The largest absolute Gasteiger partial charge is 0.298 e. The highest BCUT2D eigenvalue weighted by Gasteiger charge is 2.35. The van der Waals surface area contributed by atoms with E-state index in [0.29, 0.717) is 0 Å². The zero-order valence-electron chi connectivity index (χ0n) is 18.5. The van der Waals surface area contributed by atoms with E-state index >= 15 is 0 Å². The second kappa shape index (κ2) is 8.52. The van der Waals surface area contributed by atoms with Gasteiger partial charge < -0.3 is 0 Å². The molecule has 1 aromatic carbocycles. The number of hydrogen-bond acceptors (Lipinski definition) is 5. The van der Waals surface area contributed by atoms with Crippen molar-refractivity contribution in [3.63, 3.8) is 0 Å². The summed E-state index contributed by atoms with van der Waals surface area (Å²) in [7, 11) is 0. The van der Waals surface area contributed by atoms with Crippen molar-refractivity contribution >= 4 is 0 Å². The van der Waals surface area contributed by atoms with E-state index in [4.69, 9.17) is 0 Å². The molecule has 2 heterocycles. The normalized spacial score (nSPS) is 21.0. The molecular formula is C23H36N6. The van der Waals surface area contributed by atoms with Crippen molar-refractivity contribution in [2.24, 2.45) is 0 Å². The van der Waals surface area contributed by atoms with Crippen LogP contribution in [-0.4, -0.2) is 62.2 Å². The molecule has 6 nitrogen and oxygen atoms in total. The van der Waals surface area contributed by atoms with Gasteiger partial charge in [0.25, 0.3) is 0 Å². The molecule has 2 aromatic rings. The van der Waals surface area contributed by atoms with Crippen LogP contribution in [0.4, 0.5) is 0 Å². The van der Waals surface area contributed by atoms with Crippen LogP contribution in [-0.2, 0) is 5.54 Å². The first-order valence-electron chi connectivity index (χ1n) is 11.3. The summed E-state index contributed by atoms with van der Waals surface area (Å²) in [5, 5.41) is 13.1. The van der Waals surface area contributed by atoms with E-state index in [1.54, 1.807) is 0 Å². The van der Waals surface area contributed by atoms with Gasteiger partial charge in [-0.2, -0.15) is 0 Å². The average Bonchev–Trinajstić information content (AvgIpc) is 3.43. The fraction of sp³-hybridized carbons (Fsp3) is 0.696. The van der Waals surface area contributed by atoms with Crippen LogP contribution in [0, 0.1) is 6.92 Å². The van der Waals surface area contributed by atoms with Crippen molar-refractivity contribution in [1.29, 1.82) is 0 Å². The second-order valence-corrected chi connectivity index (χ2v) is 9.44. The molecule has 29 heavy (non-hydrogen) atoms. The molecule has 1 atom stereocenters. The summed E-state index contributed by atoms with van der Waals surface area (Å²) in [5.41, 5.74) is 2.47. The first-order chi connectivity index (χ1) is 14.0. The van der Waals surface area contributed by atoms with Crippen LogP contribution in [0.15, 0.2) is 24.3 Å². The number of rotatable bonds is 6. The lowest BCUT2D eigenvalue weighted by molar-refractivity contribution is 0.0751. The highest BCUT2D eigenvalue weighted by molar-refractivity contribution is 5.28. The molecule has 0 radical (unpaired) electrons. The molecule has 158 valence electrons. The topological polar surface area (TPSA) is 50.1 Å². The van der Waals surface area contributed by atoms with Crippen molar-refractivity contribution in [3.05, 3.63) is 41.2 Å². The molecule has 4 rings (SSSR count).